The molecule has 0 atom stereocenters. The number of hydrogen-bond acceptors (Lipinski definition) is 5. The average molecular weight is 315 g/mol. The highest BCUT2D eigenvalue weighted by atomic mass is 16.3. The van der Waals surface area contributed by atoms with Gasteiger partial charge in [0.1, 0.15) is 5.82 Å². The number of piperazine rings is 1. The lowest BCUT2D eigenvalue weighted by Gasteiger charge is -2.35. The largest absolute Gasteiger partial charge is 0.394 e. The second-order valence-electron chi connectivity index (χ2n) is 6.05. The summed E-state index contributed by atoms with van der Waals surface area (Å²) in [5.74, 6) is 1.07. The van der Waals surface area contributed by atoms with Gasteiger partial charge in [-0.3, -0.25) is 9.58 Å². The second-order valence-corrected chi connectivity index (χ2v) is 6.05. The van der Waals surface area contributed by atoms with Crippen LogP contribution in [-0.4, -0.2) is 57.6 Å². The highest BCUT2D eigenvalue weighted by molar-refractivity contribution is 5.38. The van der Waals surface area contributed by atoms with Crippen LogP contribution in [0.5, 0.6) is 0 Å². The van der Waals surface area contributed by atoms with Gasteiger partial charge in [0.25, 0.3) is 0 Å². The minimum absolute atomic E-state index is 0.129. The summed E-state index contributed by atoms with van der Waals surface area (Å²) in [7, 11) is 0. The fourth-order valence-electron chi connectivity index (χ4n) is 3.17. The zero-order valence-electron chi connectivity index (χ0n) is 13.9. The molecule has 0 amide bonds. The Morgan fingerprint density at radius 1 is 1.13 bits per heavy atom. The highest BCUT2D eigenvalue weighted by Gasteiger charge is 2.20. The first-order valence-corrected chi connectivity index (χ1v) is 8.21. The second kappa shape index (κ2) is 7.10. The normalized spacial score (nSPS) is 16.0. The van der Waals surface area contributed by atoms with Gasteiger partial charge >= 0.3 is 0 Å². The average Bonchev–Trinajstić information content (AvgIpc) is 2.84. The lowest BCUT2D eigenvalue weighted by Crippen LogP contribution is -2.46. The molecular formula is C17H25N5O. The fourth-order valence-corrected chi connectivity index (χ4v) is 3.17. The Morgan fingerprint density at radius 3 is 2.57 bits per heavy atom. The van der Waals surface area contributed by atoms with E-state index in [9.17, 15) is 0 Å². The Hall–Kier alpha value is -1.92. The van der Waals surface area contributed by atoms with Crippen LogP contribution in [-0.2, 0) is 13.1 Å². The van der Waals surface area contributed by atoms with Crippen LogP contribution in [0.3, 0.4) is 0 Å². The van der Waals surface area contributed by atoms with Crippen molar-refractivity contribution in [2.24, 2.45) is 0 Å². The first kappa shape index (κ1) is 16.0. The number of pyridine rings is 1. The zero-order chi connectivity index (χ0) is 16.2. The maximum absolute atomic E-state index is 9.12. The van der Waals surface area contributed by atoms with Crippen LogP contribution in [0.4, 0.5) is 5.82 Å². The maximum Gasteiger partial charge on any atom is 0.128 e. The molecule has 0 aliphatic carbocycles. The Kier molecular flexibility index (Phi) is 4.93. The molecule has 3 rings (SSSR count). The first-order valence-electron chi connectivity index (χ1n) is 8.21. The fraction of sp³-hybridized carbons (Fsp3) is 0.529. The summed E-state index contributed by atoms with van der Waals surface area (Å²) in [6.45, 7) is 9.83. The number of nitrogens with zero attached hydrogens (tertiary/aromatic N) is 5. The highest BCUT2D eigenvalue weighted by Crippen LogP contribution is 2.18. The molecule has 1 N–H and O–H groups in total. The summed E-state index contributed by atoms with van der Waals surface area (Å²) >= 11 is 0. The molecule has 1 fully saturated rings. The molecule has 6 heteroatoms. The molecule has 0 spiro atoms. The summed E-state index contributed by atoms with van der Waals surface area (Å²) in [4.78, 5) is 9.24. The van der Waals surface area contributed by atoms with Crippen molar-refractivity contribution in [1.29, 1.82) is 0 Å². The molecule has 1 saturated heterocycles. The van der Waals surface area contributed by atoms with Crippen molar-refractivity contribution in [3.63, 3.8) is 0 Å². The van der Waals surface area contributed by atoms with Crippen molar-refractivity contribution in [2.45, 2.75) is 26.9 Å². The van der Waals surface area contributed by atoms with Crippen molar-refractivity contribution >= 4 is 5.82 Å². The third-order valence-electron chi connectivity index (χ3n) is 4.57. The summed E-state index contributed by atoms with van der Waals surface area (Å²) < 4.78 is 1.91. The molecule has 2 aromatic heterocycles. The van der Waals surface area contributed by atoms with E-state index in [-0.39, 0.29) is 6.61 Å². The number of aliphatic hydroxyl groups excluding tert-OH is 1. The number of aromatic nitrogens is 3. The monoisotopic (exact) mass is 315 g/mol. The molecular weight excluding hydrogens is 290 g/mol. The van der Waals surface area contributed by atoms with Crippen LogP contribution >= 0.6 is 0 Å². The molecule has 0 aromatic carbocycles. The predicted molar refractivity (Wildman–Crippen MR) is 90.5 cm³/mol. The minimum Gasteiger partial charge on any atom is -0.394 e. The Balaban J connectivity index is 1.61. The Morgan fingerprint density at radius 2 is 1.91 bits per heavy atom. The van der Waals surface area contributed by atoms with Gasteiger partial charge in [0.15, 0.2) is 0 Å². The van der Waals surface area contributed by atoms with Crippen molar-refractivity contribution < 1.29 is 5.11 Å². The standard InChI is InChI=1S/C17H25N5O/c1-14-16(15(2)22(19-14)11-12-23)13-20-7-9-21(10-8-20)17-5-3-4-6-18-17/h3-6,23H,7-13H2,1-2H3. The van der Waals surface area contributed by atoms with E-state index in [1.807, 2.05) is 23.0 Å². The Bertz CT molecular complexity index is 632. The molecule has 2 aromatic rings. The summed E-state index contributed by atoms with van der Waals surface area (Å²) in [6, 6.07) is 6.06. The minimum atomic E-state index is 0.129. The number of rotatable bonds is 5. The van der Waals surface area contributed by atoms with Crippen LogP contribution in [0.25, 0.3) is 0 Å². The van der Waals surface area contributed by atoms with E-state index in [0.29, 0.717) is 6.54 Å². The molecule has 1 aliphatic heterocycles. The molecule has 6 nitrogen and oxygen atoms in total. The smallest absolute Gasteiger partial charge is 0.128 e. The van der Waals surface area contributed by atoms with E-state index >= 15 is 0 Å². The van der Waals surface area contributed by atoms with E-state index in [4.69, 9.17) is 5.11 Å². The van der Waals surface area contributed by atoms with Gasteiger partial charge in [0.2, 0.25) is 0 Å². The van der Waals surface area contributed by atoms with E-state index in [2.05, 4.69) is 39.8 Å². The number of aliphatic hydroxyl groups is 1. The molecule has 0 radical (unpaired) electrons. The third-order valence-corrected chi connectivity index (χ3v) is 4.57. The van der Waals surface area contributed by atoms with Crippen molar-refractivity contribution in [1.82, 2.24) is 19.7 Å². The Labute approximate surface area is 137 Å². The van der Waals surface area contributed by atoms with E-state index in [0.717, 1.165) is 44.2 Å². The maximum atomic E-state index is 9.12. The zero-order valence-corrected chi connectivity index (χ0v) is 13.9. The lowest BCUT2D eigenvalue weighted by atomic mass is 10.1. The van der Waals surface area contributed by atoms with E-state index in [1.165, 1.54) is 11.3 Å². The van der Waals surface area contributed by atoms with Crippen LogP contribution in [0, 0.1) is 13.8 Å². The van der Waals surface area contributed by atoms with Crippen LogP contribution in [0.2, 0.25) is 0 Å². The molecule has 3 heterocycles. The van der Waals surface area contributed by atoms with E-state index in [1.54, 1.807) is 0 Å². The summed E-state index contributed by atoms with van der Waals surface area (Å²) in [6.07, 6.45) is 1.85. The van der Waals surface area contributed by atoms with Crippen LogP contribution < -0.4 is 4.90 Å². The molecule has 0 bridgehead atoms. The van der Waals surface area contributed by atoms with Gasteiger partial charge in [0, 0.05) is 50.2 Å². The van der Waals surface area contributed by atoms with Gasteiger partial charge < -0.3 is 10.0 Å². The number of hydrogen-bond donors (Lipinski definition) is 1. The van der Waals surface area contributed by atoms with Gasteiger partial charge in [0.05, 0.1) is 18.8 Å². The van der Waals surface area contributed by atoms with Crippen LogP contribution in [0.15, 0.2) is 24.4 Å². The van der Waals surface area contributed by atoms with E-state index < -0.39 is 0 Å². The van der Waals surface area contributed by atoms with Gasteiger partial charge in [-0.1, -0.05) is 6.07 Å². The van der Waals surface area contributed by atoms with Crippen molar-refractivity contribution in [3.8, 4) is 0 Å². The van der Waals surface area contributed by atoms with Gasteiger partial charge in [-0.05, 0) is 26.0 Å². The van der Waals surface area contributed by atoms with Gasteiger partial charge in [-0.2, -0.15) is 5.10 Å². The lowest BCUT2D eigenvalue weighted by molar-refractivity contribution is 0.247. The quantitative estimate of drug-likeness (QED) is 0.899. The van der Waals surface area contributed by atoms with Gasteiger partial charge in [-0.15, -0.1) is 0 Å². The van der Waals surface area contributed by atoms with Crippen LogP contribution in [0.1, 0.15) is 17.0 Å². The first-order chi connectivity index (χ1) is 11.2. The SMILES string of the molecule is Cc1nn(CCO)c(C)c1CN1CCN(c2ccccn2)CC1. The summed E-state index contributed by atoms with van der Waals surface area (Å²) in [5.41, 5.74) is 3.54. The molecule has 23 heavy (non-hydrogen) atoms. The topological polar surface area (TPSA) is 57.4 Å². The summed E-state index contributed by atoms with van der Waals surface area (Å²) in [5, 5.41) is 13.7. The third kappa shape index (κ3) is 3.54. The molecule has 1 aliphatic rings. The number of anilines is 1. The number of aryl methyl sites for hydroxylation is 1. The molecule has 124 valence electrons. The molecule has 0 unspecified atom stereocenters. The van der Waals surface area contributed by atoms with Crippen molar-refractivity contribution in [3.05, 3.63) is 41.3 Å². The molecule has 0 saturated carbocycles. The van der Waals surface area contributed by atoms with Crippen molar-refractivity contribution in [2.75, 3.05) is 37.7 Å². The predicted octanol–water partition coefficient (Wildman–Crippen LogP) is 1.21. The van der Waals surface area contributed by atoms with Gasteiger partial charge in [-0.25, -0.2) is 4.98 Å².